The molecule has 168 valence electrons. The SMILES string of the molecule is CCC[CH2][Sn]([CH2]CCC)([C](=O)c1c(C)cc(C)cc1C)[C](=O)c1c(C)cc(C)cc1C. The Morgan fingerprint density at radius 1 is 0.613 bits per heavy atom. The van der Waals surface area contributed by atoms with Gasteiger partial charge in [-0.3, -0.25) is 0 Å². The summed E-state index contributed by atoms with van der Waals surface area (Å²) in [5.74, 6) is 0. The van der Waals surface area contributed by atoms with Crippen molar-refractivity contribution in [3.05, 3.63) is 68.8 Å². The van der Waals surface area contributed by atoms with Crippen LogP contribution in [-0.2, 0) is 0 Å². The van der Waals surface area contributed by atoms with Gasteiger partial charge in [0.05, 0.1) is 0 Å². The van der Waals surface area contributed by atoms with Gasteiger partial charge in [-0.05, 0) is 0 Å². The van der Waals surface area contributed by atoms with Gasteiger partial charge in [0.2, 0.25) is 0 Å². The Kier molecular flexibility index (Phi) is 9.12. The zero-order chi connectivity index (χ0) is 23.3. The molecule has 0 bridgehead atoms. The second-order valence-corrected chi connectivity index (χ2v) is 21.1. The maximum atomic E-state index is 14.4. The van der Waals surface area contributed by atoms with Crippen LogP contribution < -0.4 is 0 Å². The third-order valence-electron chi connectivity index (χ3n) is 6.59. The van der Waals surface area contributed by atoms with Gasteiger partial charge in [-0.1, -0.05) is 0 Å². The van der Waals surface area contributed by atoms with E-state index in [1.807, 2.05) is 27.7 Å². The van der Waals surface area contributed by atoms with Gasteiger partial charge < -0.3 is 0 Å². The summed E-state index contributed by atoms with van der Waals surface area (Å²) in [4.78, 5) is 28.8. The molecule has 0 saturated carbocycles. The zero-order valence-electron chi connectivity index (χ0n) is 20.9. The first-order valence-electron chi connectivity index (χ1n) is 11.8. The molecule has 2 rings (SSSR count). The van der Waals surface area contributed by atoms with Crippen LogP contribution in [0.3, 0.4) is 0 Å². The van der Waals surface area contributed by atoms with E-state index in [0.717, 1.165) is 67.9 Å². The number of aryl methyl sites for hydroxylation is 6. The Hall–Kier alpha value is -1.42. The summed E-state index contributed by atoms with van der Waals surface area (Å²) < 4.78 is 2.11. The summed E-state index contributed by atoms with van der Waals surface area (Å²) in [6.07, 6.45) is 3.96. The van der Waals surface area contributed by atoms with Crippen LogP contribution in [0.15, 0.2) is 24.3 Å². The molecule has 0 spiro atoms. The summed E-state index contributed by atoms with van der Waals surface area (Å²) in [7, 11) is 0. The van der Waals surface area contributed by atoms with Crippen molar-refractivity contribution >= 4 is 26.0 Å². The molecule has 0 aliphatic carbocycles. The fourth-order valence-corrected chi connectivity index (χ4v) is 19.5. The Labute approximate surface area is 193 Å². The maximum absolute atomic E-state index is 14.4. The van der Waals surface area contributed by atoms with Crippen LogP contribution in [-0.4, -0.2) is 26.0 Å². The van der Waals surface area contributed by atoms with Gasteiger partial charge in [0.1, 0.15) is 0 Å². The predicted octanol–water partition coefficient (Wildman–Crippen LogP) is 7.73. The van der Waals surface area contributed by atoms with Crippen LogP contribution in [0.25, 0.3) is 0 Å². The van der Waals surface area contributed by atoms with E-state index in [4.69, 9.17) is 0 Å². The number of hydrogen-bond acceptors (Lipinski definition) is 2. The van der Waals surface area contributed by atoms with Crippen LogP contribution in [0.1, 0.15) is 93.6 Å². The van der Waals surface area contributed by atoms with Crippen molar-refractivity contribution in [3.8, 4) is 0 Å². The average molecular weight is 527 g/mol. The standard InChI is InChI=1S/2C10H11O.2C4H9.Sn/c2*1-7-4-8(2)10(6-11)9(3)5-7;2*1-3-4-2;/h2*4-5H,1-3H3;2*1,3-4H2,2H3;. The molecule has 0 aromatic heterocycles. The molecule has 0 atom stereocenters. The molecular weight excluding hydrogens is 487 g/mol. The molecule has 0 N–H and O–H groups in total. The fraction of sp³-hybridized carbons (Fsp3) is 0.500. The zero-order valence-corrected chi connectivity index (χ0v) is 23.7. The van der Waals surface area contributed by atoms with Gasteiger partial charge >= 0.3 is 194 Å². The number of carbonyl (C=O) groups excluding carboxylic acids is 2. The molecule has 0 aliphatic rings. The van der Waals surface area contributed by atoms with Crippen LogP contribution >= 0.6 is 0 Å². The van der Waals surface area contributed by atoms with Gasteiger partial charge in [0.15, 0.2) is 0 Å². The van der Waals surface area contributed by atoms with Crippen molar-refractivity contribution < 1.29 is 9.59 Å². The average Bonchev–Trinajstić information content (AvgIpc) is 2.66. The van der Waals surface area contributed by atoms with Crippen LogP contribution in [0.5, 0.6) is 0 Å². The normalized spacial score (nSPS) is 11.6. The number of hydrogen-bond donors (Lipinski definition) is 0. The Morgan fingerprint density at radius 2 is 0.903 bits per heavy atom. The topological polar surface area (TPSA) is 34.1 Å². The predicted molar refractivity (Wildman–Crippen MR) is 135 cm³/mol. The quantitative estimate of drug-likeness (QED) is 0.297. The van der Waals surface area contributed by atoms with E-state index in [1.54, 1.807) is 0 Å². The van der Waals surface area contributed by atoms with Crippen LogP contribution in [0.2, 0.25) is 8.87 Å². The van der Waals surface area contributed by atoms with Gasteiger partial charge in [0.25, 0.3) is 0 Å². The summed E-state index contributed by atoms with van der Waals surface area (Å²) >= 11 is -3.97. The van der Waals surface area contributed by atoms with Crippen molar-refractivity contribution in [2.45, 2.75) is 89.9 Å². The second-order valence-electron chi connectivity index (χ2n) is 9.49. The van der Waals surface area contributed by atoms with Crippen molar-refractivity contribution in [1.29, 1.82) is 0 Å². The van der Waals surface area contributed by atoms with Crippen molar-refractivity contribution in [3.63, 3.8) is 0 Å². The van der Waals surface area contributed by atoms with Gasteiger partial charge in [-0.15, -0.1) is 0 Å². The summed E-state index contributed by atoms with van der Waals surface area (Å²) in [5, 5.41) is 0. The number of rotatable bonds is 10. The van der Waals surface area contributed by atoms with Crippen molar-refractivity contribution in [1.82, 2.24) is 0 Å². The second kappa shape index (κ2) is 10.9. The molecule has 0 aliphatic heterocycles. The van der Waals surface area contributed by atoms with E-state index in [-0.39, 0.29) is 7.60 Å². The van der Waals surface area contributed by atoms with Crippen molar-refractivity contribution in [2.24, 2.45) is 0 Å². The van der Waals surface area contributed by atoms with Crippen molar-refractivity contribution in [2.75, 3.05) is 0 Å². The summed E-state index contributed by atoms with van der Waals surface area (Å²) in [5.41, 5.74) is 8.14. The van der Waals surface area contributed by atoms with E-state index in [9.17, 15) is 9.59 Å². The van der Waals surface area contributed by atoms with Gasteiger partial charge in [-0.2, -0.15) is 0 Å². The molecule has 0 radical (unpaired) electrons. The molecule has 2 aromatic carbocycles. The Balaban J connectivity index is 2.77. The molecule has 0 saturated heterocycles. The van der Waals surface area contributed by atoms with Crippen LogP contribution in [0, 0.1) is 41.5 Å². The molecule has 31 heavy (non-hydrogen) atoms. The van der Waals surface area contributed by atoms with Gasteiger partial charge in [-0.25, -0.2) is 0 Å². The number of benzene rings is 2. The molecule has 0 unspecified atom stereocenters. The minimum atomic E-state index is -3.97. The summed E-state index contributed by atoms with van der Waals surface area (Å²) in [6.45, 7) is 16.6. The first-order valence-corrected chi connectivity index (χ1v) is 18.7. The molecule has 0 amide bonds. The molecule has 3 heteroatoms. The third-order valence-corrected chi connectivity index (χ3v) is 19.9. The summed E-state index contributed by atoms with van der Waals surface area (Å²) in [6, 6.07) is 8.40. The van der Waals surface area contributed by atoms with E-state index in [2.05, 4.69) is 52.0 Å². The number of carbonyl (C=O) groups is 2. The molecule has 0 fully saturated rings. The van der Waals surface area contributed by atoms with E-state index >= 15 is 0 Å². The Bertz CT molecular complexity index is 845. The molecule has 0 heterocycles. The Morgan fingerprint density at radius 3 is 1.16 bits per heavy atom. The van der Waals surface area contributed by atoms with E-state index < -0.39 is 18.4 Å². The first-order chi connectivity index (χ1) is 14.6. The first kappa shape index (κ1) is 25.8. The number of unbranched alkanes of at least 4 members (excludes halogenated alkanes) is 2. The van der Waals surface area contributed by atoms with E-state index in [1.165, 1.54) is 11.1 Å². The van der Waals surface area contributed by atoms with Crippen LogP contribution in [0.4, 0.5) is 0 Å². The third kappa shape index (κ3) is 5.50. The fourth-order valence-electron chi connectivity index (χ4n) is 5.19. The molecular formula is C28H40O2Sn. The minimum absolute atomic E-state index is 0.232. The molecule has 2 nitrogen and oxygen atoms in total. The van der Waals surface area contributed by atoms with Gasteiger partial charge in [0, 0.05) is 0 Å². The monoisotopic (exact) mass is 528 g/mol. The molecule has 2 aromatic rings. The van der Waals surface area contributed by atoms with E-state index in [0.29, 0.717) is 0 Å².